The number of rotatable bonds is 4. The number of amides is 1. The topological polar surface area (TPSA) is 85.4 Å². The highest BCUT2D eigenvalue weighted by Gasteiger charge is 2.13. The number of hydrogen-bond donors (Lipinski definition) is 2. The number of benzene rings is 2. The first-order valence-corrected chi connectivity index (χ1v) is 9.04. The van der Waals surface area contributed by atoms with E-state index < -0.39 is 0 Å². The molecule has 1 aromatic heterocycles. The van der Waals surface area contributed by atoms with Crippen molar-refractivity contribution in [2.24, 2.45) is 0 Å². The molecule has 28 heavy (non-hydrogen) atoms. The number of hydrogen-bond acceptors (Lipinski definition) is 6. The van der Waals surface area contributed by atoms with Crippen LogP contribution in [-0.2, 0) is 0 Å². The standard InChI is InChI=1S/C20H17ClN4O3/c1-12-10-13(21)2-4-15(12)23-20(26)16-5-7-19(25-24-16)22-14-3-6-17-18(11-14)28-9-8-27-17/h2-7,10-11H,8-9H2,1H3,(H,22,25)(H,23,26). The van der Waals surface area contributed by atoms with Gasteiger partial charge < -0.3 is 20.1 Å². The maximum Gasteiger partial charge on any atom is 0.276 e. The molecule has 0 spiro atoms. The number of carbonyl (C=O) groups is 1. The van der Waals surface area contributed by atoms with Gasteiger partial charge in [-0.2, -0.15) is 0 Å². The second kappa shape index (κ2) is 7.74. The van der Waals surface area contributed by atoms with Crippen molar-refractivity contribution in [2.75, 3.05) is 23.8 Å². The van der Waals surface area contributed by atoms with Gasteiger partial charge in [-0.1, -0.05) is 11.6 Å². The van der Waals surface area contributed by atoms with E-state index in [2.05, 4.69) is 20.8 Å². The average Bonchev–Trinajstić information content (AvgIpc) is 2.70. The molecule has 3 aromatic rings. The molecule has 1 amide bonds. The predicted octanol–water partition coefficient (Wildman–Crippen LogP) is 4.21. The molecule has 2 N–H and O–H groups in total. The van der Waals surface area contributed by atoms with Gasteiger partial charge in [-0.25, -0.2) is 0 Å². The molecule has 0 saturated heterocycles. The van der Waals surface area contributed by atoms with Gasteiger partial charge in [0.15, 0.2) is 23.0 Å². The Bertz CT molecular complexity index is 1020. The van der Waals surface area contributed by atoms with Crippen molar-refractivity contribution in [1.29, 1.82) is 0 Å². The summed E-state index contributed by atoms with van der Waals surface area (Å²) >= 11 is 5.94. The molecule has 142 valence electrons. The molecule has 8 heteroatoms. The van der Waals surface area contributed by atoms with E-state index in [1.807, 2.05) is 25.1 Å². The van der Waals surface area contributed by atoms with Crippen molar-refractivity contribution in [2.45, 2.75) is 6.92 Å². The van der Waals surface area contributed by atoms with E-state index in [4.69, 9.17) is 21.1 Å². The van der Waals surface area contributed by atoms with Gasteiger partial charge in [-0.05, 0) is 55.0 Å². The van der Waals surface area contributed by atoms with E-state index >= 15 is 0 Å². The first-order valence-electron chi connectivity index (χ1n) is 8.66. The Morgan fingerprint density at radius 1 is 1.00 bits per heavy atom. The Morgan fingerprint density at radius 3 is 2.57 bits per heavy atom. The molecule has 0 saturated carbocycles. The van der Waals surface area contributed by atoms with Gasteiger partial charge >= 0.3 is 0 Å². The predicted molar refractivity (Wildman–Crippen MR) is 107 cm³/mol. The molecule has 0 radical (unpaired) electrons. The fourth-order valence-electron chi connectivity index (χ4n) is 2.74. The molecule has 0 bridgehead atoms. The summed E-state index contributed by atoms with van der Waals surface area (Å²) in [4.78, 5) is 12.4. The number of nitrogens with zero attached hydrogens (tertiary/aromatic N) is 2. The van der Waals surface area contributed by atoms with Crippen molar-refractivity contribution >= 4 is 34.7 Å². The van der Waals surface area contributed by atoms with E-state index in [1.165, 1.54) is 0 Å². The second-order valence-electron chi connectivity index (χ2n) is 6.20. The van der Waals surface area contributed by atoms with Crippen LogP contribution in [0.4, 0.5) is 17.2 Å². The van der Waals surface area contributed by atoms with Crippen LogP contribution in [0.5, 0.6) is 11.5 Å². The number of anilines is 3. The summed E-state index contributed by atoms with van der Waals surface area (Å²) < 4.78 is 11.1. The van der Waals surface area contributed by atoms with E-state index in [9.17, 15) is 4.79 Å². The van der Waals surface area contributed by atoms with E-state index in [1.54, 1.807) is 30.3 Å². The Kier molecular flexibility index (Phi) is 4.99. The number of nitrogens with one attached hydrogen (secondary N) is 2. The van der Waals surface area contributed by atoms with Crippen LogP contribution >= 0.6 is 11.6 Å². The summed E-state index contributed by atoms with van der Waals surface area (Å²) in [7, 11) is 0. The SMILES string of the molecule is Cc1cc(Cl)ccc1NC(=O)c1ccc(Nc2ccc3c(c2)OCCO3)nn1. The zero-order valence-electron chi connectivity index (χ0n) is 15.0. The molecule has 4 rings (SSSR count). The van der Waals surface area contributed by atoms with Crippen molar-refractivity contribution in [3.8, 4) is 11.5 Å². The molecule has 0 fully saturated rings. The molecular weight excluding hydrogens is 380 g/mol. The van der Waals surface area contributed by atoms with Crippen molar-refractivity contribution < 1.29 is 14.3 Å². The molecule has 1 aliphatic rings. The number of aromatic nitrogens is 2. The Balaban J connectivity index is 1.44. The minimum Gasteiger partial charge on any atom is -0.486 e. The molecular formula is C20H17ClN4O3. The summed E-state index contributed by atoms with van der Waals surface area (Å²) in [5.74, 6) is 1.56. The number of fused-ring (bicyclic) bond motifs is 1. The van der Waals surface area contributed by atoms with Crippen LogP contribution in [0.25, 0.3) is 0 Å². The molecule has 0 unspecified atom stereocenters. The van der Waals surface area contributed by atoms with Gasteiger partial charge in [0.05, 0.1) is 0 Å². The lowest BCUT2D eigenvalue weighted by Gasteiger charge is -2.19. The fraction of sp³-hybridized carbons (Fsp3) is 0.150. The van der Waals surface area contributed by atoms with Gasteiger partial charge in [0.25, 0.3) is 5.91 Å². The van der Waals surface area contributed by atoms with Crippen LogP contribution in [0, 0.1) is 6.92 Å². The van der Waals surface area contributed by atoms with E-state index in [0.717, 1.165) is 11.3 Å². The maximum atomic E-state index is 12.4. The van der Waals surface area contributed by atoms with Crippen LogP contribution in [0.15, 0.2) is 48.5 Å². The summed E-state index contributed by atoms with van der Waals surface area (Å²) in [5.41, 5.74) is 2.54. The van der Waals surface area contributed by atoms with Crippen LogP contribution in [0.3, 0.4) is 0 Å². The molecule has 2 heterocycles. The zero-order chi connectivity index (χ0) is 19.5. The number of halogens is 1. The summed E-state index contributed by atoms with van der Waals surface area (Å²) in [6, 6.07) is 14.1. The third kappa shape index (κ3) is 3.99. The van der Waals surface area contributed by atoms with Crippen LogP contribution in [-0.4, -0.2) is 29.3 Å². The lowest BCUT2D eigenvalue weighted by atomic mass is 10.2. The lowest BCUT2D eigenvalue weighted by molar-refractivity contribution is 0.102. The average molecular weight is 397 g/mol. The number of aryl methyl sites for hydroxylation is 1. The van der Waals surface area contributed by atoms with Gasteiger partial charge in [0.2, 0.25) is 0 Å². The van der Waals surface area contributed by atoms with Gasteiger partial charge in [-0.15, -0.1) is 10.2 Å². The summed E-state index contributed by atoms with van der Waals surface area (Å²) in [6.07, 6.45) is 0. The Morgan fingerprint density at radius 2 is 1.82 bits per heavy atom. The minimum atomic E-state index is -0.344. The molecule has 0 atom stereocenters. The largest absolute Gasteiger partial charge is 0.486 e. The summed E-state index contributed by atoms with van der Waals surface area (Å²) in [6.45, 7) is 2.94. The first-order chi connectivity index (χ1) is 13.6. The maximum absolute atomic E-state index is 12.4. The van der Waals surface area contributed by atoms with Crippen LogP contribution in [0.2, 0.25) is 5.02 Å². The smallest absolute Gasteiger partial charge is 0.276 e. The van der Waals surface area contributed by atoms with E-state index in [-0.39, 0.29) is 11.6 Å². The number of carbonyl (C=O) groups excluding carboxylic acids is 1. The van der Waals surface area contributed by atoms with Crippen molar-refractivity contribution in [3.63, 3.8) is 0 Å². The Hall–Kier alpha value is -3.32. The van der Waals surface area contributed by atoms with Gasteiger partial charge in [-0.3, -0.25) is 4.79 Å². The van der Waals surface area contributed by atoms with Crippen LogP contribution in [0.1, 0.15) is 16.1 Å². The van der Waals surface area contributed by atoms with Gasteiger partial charge in [0, 0.05) is 22.5 Å². The monoisotopic (exact) mass is 396 g/mol. The minimum absolute atomic E-state index is 0.210. The molecule has 0 aliphatic carbocycles. The van der Waals surface area contributed by atoms with Gasteiger partial charge in [0.1, 0.15) is 13.2 Å². The lowest BCUT2D eigenvalue weighted by Crippen LogP contribution is -2.15. The quantitative estimate of drug-likeness (QED) is 0.687. The highest BCUT2D eigenvalue weighted by atomic mass is 35.5. The molecule has 2 aromatic carbocycles. The van der Waals surface area contributed by atoms with Crippen LogP contribution < -0.4 is 20.1 Å². The normalized spacial score (nSPS) is 12.4. The molecule has 1 aliphatic heterocycles. The molecule has 7 nitrogen and oxygen atoms in total. The third-order valence-electron chi connectivity index (χ3n) is 4.15. The van der Waals surface area contributed by atoms with Crippen molar-refractivity contribution in [1.82, 2.24) is 10.2 Å². The zero-order valence-corrected chi connectivity index (χ0v) is 15.8. The van der Waals surface area contributed by atoms with Crippen molar-refractivity contribution in [3.05, 3.63) is 64.8 Å². The second-order valence-corrected chi connectivity index (χ2v) is 6.64. The summed E-state index contributed by atoms with van der Waals surface area (Å²) in [5, 5.41) is 14.6. The third-order valence-corrected chi connectivity index (χ3v) is 4.38. The number of ether oxygens (including phenoxy) is 2. The highest BCUT2D eigenvalue weighted by Crippen LogP contribution is 2.33. The fourth-order valence-corrected chi connectivity index (χ4v) is 2.97. The van der Waals surface area contributed by atoms with E-state index in [0.29, 0.717) is 41.2 Å². The highest BCUT2D eigenvalue weighted by molar-refractivity contribution is 6.30. The first kappa shape index (κ1) is 18.1. The Labute approximate surface area is 166 Å².